The summed E-state index contributed by atoms with van der Waals surface area (Å²) in [5, 5.41) is 0. The van der Waals surface area contributed by atoms with Gasteiger partial charge in [-0.15, -0.1) is 0 Å². The highest BCUT2D eigenvalue weighted by atomic mass is 32.2. The minimum absolute atomic E-state index is 0.0700. The van der Waals surface area contributed by atoms with Crippen molar-refractivity contribution >= 4 is 21.5 Å². The molecule has 0 radical (unpaired) electrons. The van der Waals surface area contributed by atoms with Gasteiger partial charge in [-0.1, -0.05) is 0 Å². The number of carbonyl (C=O) groups is 1. The third-order valence-corrected chi connectivity index (χ3v) is 2.70. The molecule has 0 aromatic heterocycles. The molecule has 0 spiro atoms. The lowest BCUT2D eigenvalue weighted by atomic mass is 10.0. The predicted molar refractivity (Wildman–Crippen MR) is 60.2 cm³/mol. The van der Waals surface area contributed by atoms with Crippen molar-refractivity contribution in [2.75, 3.05) is 11.0 Å². The number of hydrogen-bond acceptors (Lipinski definition) is 3. The molecule has 0 heterocycles. The lowest BCUT2D eigenvalue weighted by Crippen LogP contribution is -2.44. The van der Waals surface area contributed by atoms with Crippen LogP contribution in [-0.2, 0) is 10.0 Å². The maximum atomic E-state index is 12.8. The summed E-state index contributed by atoms with van der Waals surface area (Å²) in [5.74, 6) is -7.91. The number of nitrogens with one attached hydrogen (secondary N) is 1. The normalized spacial score (nSPS) is 13.1. The van der Waals surface area contributed by atoms with Crippen LogP contribution in [0.4, 0.5) is 27.6 Å². The molecule has 20 heavy (non-hydrogen) atoms. The van der Waals surface area contributed by atoms with Crippen LogP contribution in [0.25, 0.3) is 0 Å². The van der Waals surface area contributed by atoms with E-state index in [-0.39, 0.29) is 5.69 Å². The van der Waals surface area contributed by atoms with Crippen molar-refractivity contribution in [1.82, 2.24) is 0 Å². The quantitative estimate of drug-likeness (QED) is 0.685. The van der Waals surface area contributed by atoms with Gasteiger partial charge in [0.2, 0.25) is 15.8 Å². The van der Waals surface area contributed by atoms with Gasteiger partial charge in [0.25, 0.3) is 0 Å². The second kappa shape index (κ2) is 5.00. The fraction of sp³-hybridized carbons (Fsp3) is 0.300. The van der Waals surface area contributed by atoms with Crippen molar-refractivity contribution in [1.29, 1.82) is 0 Å². The number of ketones is 1. The fourth-order valence-electron chi connectivity index (χ4n) is 1.21. The first-order valence-corrected chi connectivity index (χ1v) is 6.81. The van der Waals surface area contributed by atoms with Gasteiger partial charge in [-0.05, 0) is 24.3 Å². The highest BCUT2D eigenvalue weighted by Crippen LogP contribution is 2.38. The average molecular weight is 317 g/mol. The monoisotopic (exact) mass is 317 g/mol. The number of Topliss-reactive ketones (excluding diaryl/α,β-unsaturated/α-hetero) is 1. The number of sulfonamides is 1. The summed E-state index contributed by atoms with van der Waals surface area (Å²) in [4.78, 5) is 11.1. The van der Waals surface area contributed by atoms with E-state index in [0.717, 1.165) is 18.4 Å². The van der Waals surface area contributed by atoms with Crippen LogP contribution in [0.5, 0.6) is 0 Å². The Balaban J connectivity index is 3.03. The van der Waals surface area contributed by atoms with Crippen LogP contribution in [0.2, 0.25) is 0 Å². The SMILES string of the molecule is CS(=O)(=O)Nc1ccc(C(=O)C(F)(F)C(F)(F)F)cc1. The number of halogens is 5. The summed E-state index contributed by atoms with van der Waals surface area (Å²) in [7, 11) is -3.62. The summed E-state index contributed by atoms with van der Waals surface area (Å²) >= 11 is 0. The molecule has 0 aliphatic heterocycles. The molecule has 1 N–H and O–H groups in total. The largest absolute Gasteiger partial charge is 0.461 e. The van der Waals surface area contributed by atoms with Crippen LogP contribution in [0.3, 0.4) is 0 Å². The van der Waals surface area contributed by atoms with E-state index in [0.29, 0.717) is 12.1 Å². The summed E-state index contributed by atoms with van der Waals surface area (Å²) in [6, 6.07) is 3.16. The molecule has 10 heteroatoms. The molecule has 1 aromatic carbocycles. The van der Waals surface area contributed by atoms with Gasteiger partial charge < -0.3 is 0 Å². The maximum absolute atomic E-state index is 12.8. The van der Waals surface area contributed by atoms with E-state index >= 15 is 0 Å². The molecule has 0 aliphatic carbocycles. The first-order valence-electron chi connectivity index (χ1n) is 4.92. The predicted octanol–water partition coefficient (Wildman–Crippen LogP) is 2.44. The van der Waals surface area contributed by atoms with Gasteiger partial charge >= 0.3 is 12.1 Å². The third-order valence-electron chi connectivity index (χ3n) is 2.09. The van der Waals surface area contributed by atoms with Gasteiger partial charge in [-0.3, -0.25) is 9.52 Å². The number of carbonyl (C=O) groups excluding carboxylic acids is 1. The van der Waals surface area contributed by atoms with E-state index in [1.165, 1.54) is 0 Å². The van der Waals surface area contributed by atoms with Gasteiger partial charge in [-0.2, -0.15) is 22.0 Å². The van der Waals surface area contributed by atoms with Gasteiger partial charge in [-0.25, -0.2) is 8.42 Å². The maximum Gasteiger partial charge on any atom is 0.461 e. The molecule has 1 aromatic rings. The van der Waals surface area contributed by atoms with Crippen LogP contribution in [0.15, 0.2) is 24.3 Å². The van der Waals surface area contributed by atoms with Crippen LogP contribution in [0, 0.1) is 0 Å². The molecular weight excluding hydrogens is 309 g/mol. The second-order valence-corrected chi connectivity index (χ2v) is 5.60. The van der Waals surface area contributed by atoms with Gasteiger partial charge in [0.1, 0.15) is 0 Å². The summed E-state index contributed by atoms with van der Waals surface area (Å²) in [6.45, 7) is 0. The highest BCUT2D eigenvalue weighted by Gasteiger charge is 2.63. The van der Waals surface area contributed by atoms with Crippen molar-refractivity contribution in [3.63, 3.8) is 0 Å². The summed E-state index contributed by atoms with van der Waals surface area (Å²) < 4.78 is 85.3. The molecule has 0 saturated heterocycles. The van der Waals surface area contributed by atoms with Crippen molar-refractivity contribution in [2.45, 2.75) is 12.1 Å². The molecule has 0 unspecified atom stereocenters. The Morgan fingerprint density at radius 3 is 1.85 bits per heavy atom. The lowest BCUT2D eigenvalue weighted by Gasteiger charge is -2.18. The Hall–Kier alpha value is -1.71. The number of alkyl halides is 5. The summed E-state index contributed by atoms with van der Waals surface area (Å²) in [5.41, 5.74) is -0.953. The molecular formula is C10H8F5NO3S. The Bertz CT molecular complexity index is 607. The minimum Gasteiger partial charge on any atom is -0.287 e. The molecule has 4 nitrogen and oxygen atoms in total. The lowest BCUT2D eigenvalue weighted by molar-refractivity contribution is -0.255. The molecule has 0 aliphatic rings. The highest BCUT2D eigenvalue weighted by molar-refractivity contribution is 7.92. The smallest absolute Gasteiger partial charge is 0.287 e. The Labute approximate surface area is 110 Å². The van der Waals surface area contributed by atoms with Gasteiger partial charge in [0.15, 0.2) is 0 Å². The van der Waals surface area contributed by atoms with Gasteiger partial charge in [0.05, 0.1) is 6.26 Å². The molecule has 0 atom stereocenters. The number of rotatable bonds is 4. The second-order valence-electron chi connectivity index (χ2n) is 3.85. The first-order chi connectivity index (χ1) is 8.84. The van der Waals surface area contributed by atoms with Crippen LogP contribution in [-0.4, -0.2) is 32.6 Å². The van der Waals surface area contributed by atoms with Crippen LogP contribution < -0.4 is 4.72 Å². The Morgan fingerprint density at radius 2 is 1.50 bits per heavy atom. The molecule has 0 saturated carbocycles. The zero-order valence-corrected chi connectivity index (χ0v) is 10.6. The minimum atomic E-state index is -5.99. The van der Waals surface area contributed by atoms with Crippen LogP contribution >= 0.6 is 0 Å². The number of hydrogen-bond donors (Lipinski definition) is 1. The molecule has 0 fully saturated rings. The van der Waals surface area contributed by atoms with E-state index in [9.17, 15) is 35.2 Å². The third kappa shape index (κ3) is 3.65. The zero-order chi connectivity index (χ0) is 15.8. The standard InChI is InChI=1S/C10H8F5NO3S/c1-20(18,19)16-7-4-2-6(3-5-7)8(17)9(11,12)10(13,14)15/h2-5,16H,1H3. The fourth-order valence-corrected chi connectivity index (χ4v) is 1.78. The van der Waals surface area contributed by atoms with Crippen molar-refractivity contribution < 1.29 is 35.2 Å². The zero-order valence-electron chi connectivity index (χ0n) is 9.83. The van der Waals surface area contributed by atoms with Crippen LogP contribution in [0.1, 0.15) is 10.4 Å². The Kier molecular flexibility index (Phi) is 4.09. The van der Waals surface area contributed by atoms with Crippen molar-refractivity contribution in [3.8, 4) is 0 Å². The van der Waals surface area contributed by atoms with E-state index in [2.05, 4.69) is 0 Å². The van der Waals surface area contributed by atoms with E-state index in [4.69, 9.17) is 0 Å². The number of anilines is 1. The summed E-state index contributed by atoms with van der Waals surface area (Å²) in [6.07, 6.45) is -5.17. The van der Waals surface area contributed by atoms with Crippen molar-refractivity contribution in [3.05, 3.63) is 29.8 Å². The van der Waals surface area contributed by atoms with E-state index in [1.54, 1.807) is 0 Å². The molecule has 1 rings (SSSR count). The molecule has 0 amide bonds. The van der Waals surface area contributed by atoms with Gasteiger partial charge in [0, 0.05) is 11.3 Å². The van der Waals surface area contributed by atoms with Crippen molar-refractivity contribution in [2.24, 2.45) is 0 Å². The molecule has 0 bridgehead atoms. The number of benzene rings is 1. The average Bonchev–Trinajstić information content (AvgIpc) is 2.25. The van der Waals surface area contributed by atoms with E-state index < -0.39 is 33.5 Å². The first kappa shape index (κ1) is 16.3. The topological polar surface area (TPSA) is 63.2 Å². The molecule has 112 valence electrons. The Morgan fingerprint density at radius 1 is 1.05 bits per heavy atom. The van der Waals surface area contributed by atoms with E-state index in [1.807, 2.05) is 4.72 Å².